The second-order valence-corrected chi connectivity index (χ2v) is 5.94. The first kappa shape index (κ1) is 15.3. The Hall–Kier alpha value is -1.10. The van der Waals surface area contributed by atoms with Crippen molar-refractivity contribution in [2.45, 2.75) is 44.9 Å². The molecule has 5 nitrogen and oxygen atoms in total. The van der Waals surface area contributed by atoms with Crippen LogP contribution in [0.2, 0.25) is 0 Å². The minimum Gasteiger partial charge on any atom is -0.348 e. The van der Waals surface area contributed by atoms with Crippen LogP contribution in [0, 0.1) is 5.92 Å². The normalized spacial score (nSPS) is 20.7. The van der Waals surface area contributed by atoms with E-state index in [1.165, 1.54) is 32.1 Å². The Morgan fingerprint density at radius 2 is 1.90 bits per heavy atom. The van der Waals surface area contributed by atoms with E-state index >= 15 is 0 Å². The maximum atomic E-state index is 12.0. The third-order valence-electron chi connectivity index (χ3n) is 4.37. The van der Waals surface area contributed by atoms with E-state index in [-0.39, 0.29) is 5.91 Å². The van der Waals surface area contributed by atoms with Crippen LogP contribution in [0.4, 0.5) is 0 Å². The summed E-state index contributed by atoms with van der Waals surface area (Å²) in [5, 5.41) is 6.00. The van der Waals surface area contributed by atoms with Gasteiger partial charge in [0.25, 0.3) is 0 Å². The van der Waals surface area contributed by atoms with E-state index in [4.69, 9.17) is 0 Å². The average Bonchev–Trinajstić information content (AvgIpc) is 2.83. The van der Waals surface area contributed by atoms with Gasteiger partial charge in [-0.05, 0) is 31.7 Å². The zero-order valence-corrected chi connectivity index (χ0v) is 12.3. The molecule has 0 aromatic carbocycles. The molecule has 1 saturated heterocycles. The number of nitrogens with one attached hydrogen (secondary N) is 2. The molecule has 114 valence electrons. The molecule has 2 N–H and O–H groups in total. The molecule has 0 radical (unpaired) electrons. The van der Waals surface area contributed by atoms with E-state index in [0.717, 1.165) is 31.8 Å². The number of amides is 2. The Bertz CT molecular complexity index is 319. The van der Waals surface area contributed by atoms with Gasteiger partial charge in [-0.15, -0.1) is 0 Å². The zero-order chi connectivity index (χ0) is 14.2. The summed E-state index contributed by atoms with van der Waals surface area (Å²) in [7, 11) is 0. The van der Waals surface area contributed by atoms with E-state index in [1.54, 1.807) is 4.90 Å². The van der Waals surface area contributed by atoms with Crippen LogP contribution >= 0.6 is 0 Å². The summed E-state index contributed by atoms with van der Waals surface area (Å²) in [6, 6.07) is 0. The molecule has 2 aliphatic rings. The highest BCUT2D eigenvalue weighted by Crippen LogP contribution is 2.28. The van der Waals surface area contributed by atoms with Crippen molar-refractivity contribution in [3.63, 3.8) is 0 Å². The number of carbonyl (C=O) groups is 2. The maximum absolute atomic E-state index is 12.0. The monoisotopic (exact) mass is 281 g/mol. The van der Waals surface area contributed by atoms with Crippen LogP contribution in [0.1, 0.15) is 44.9 Å². The fourth-order valence-corrected chi connectivity index (χ4v) is 3.16. The van der Waals surface area contributed by atoms with Gasteiger partial charge in [0, 0.05) is 26.2 Å². The molecule has 0 aromatic rings. The lowest BCUT2D eigenvalue weighted by atomic mass is 10.0. The predicted octanol–water partition coefficient (Wildman–Crippen LogP) is 0.895. The summed E-state index contributed by atoms with van der Waals surface area (Å²) in [6.07, 6.45) is 8.49. The summed E-state index contributed by atoms with van der Waals surface area (Å²) >= 11 is 0. The first-order chi connectivity index (χ1) is 9.77. The van der Waals surface area contributed by atoms with Crippen molar-refractivity contribution in [2.24, 2.45) is 5.92 Å². The van der Waals surface area contributed by atoms with Crippen LogP contribution < -0.4 is 10.6 Å². The summed E-state index contributed by atoms with van der Waals surface area (Å²) in [5.41, 5.74) is 0. The molecule has 0 unspecified atom stereocenters. The van der Waals surface area contributed by atoms with Crippen LogP contribution in [0.3, 0.4) is 0 Å². The summed E-state index contributed by atoms with van der Waals surface area (Å²) in [5.74, 6) is 0.0483. The summed E-state index contributed by atoms with van der Waals surface area (Å²) < 4.78 is 0. The molecule has 2 fully saturated rings. The molecule has 0 bridgehead atoms. The lowest BCUT2D eigenvalue weighted by Crippen LogP contribution is -2.44. The molecule has 5 heteroatoms. The third kappa shape index (κ3) is 4.78. The Morgan fingerprint density at radius 1 is 1.10 bits per heavy atom. The highest BCUT2D eigenvalue weighted by atomic mass is 16.2. The van der Waals surface area contributed by atoms with E-state index in [2.05, 4.69) is 10.6 Å². The smallest absolute Gasteiger partial charge is 0.311 e. The molecule has 2 rings (SSSR count). The molecule has 1 aliphatic carbocycles. The lowest BCUT2D eigenvalue weighted by molar-refractivity contribution is -0.145. The van der Waals surface area contributed by atoms with Gasteiger partial charge in [0.05, 0.1) is 0 Å². The van der Waals surface area contributed by atoms with Crippen molar-refractivity contribution in [3.05, 3.63) is 0 Å². The Kier molecular flexibility index (Phi) is 6.30. The fourth-order valence-electron chi connectivity index (χ4n) is 3.16. The zero-order valence-electron chi connectivity index (χ0n) is 12.3. The molecule has 0 aromatic heterocycles. The van der Waals surface area contributed by atoms with Gasteiger partial charge in [0.1, 0.15) is 0 Å². The maximum Gasteiger partial charge on any atom is 0.311 e. The van der Waals surface area contributed by atoms with E-state index in [1.807, 2.05) is 0 Å². The second-order valence-electron chi connectivity index (χ2n) is 5.94. The van der Waals surface area contributed by atoms with Gasteiger partial charge in [-0.3, -0.25) is 9.59 Å². The Labute approximate surface area is 121 Å². The van der Waals surface area contributed by atoms with Crippen LogP contribution in [0.25, 0.3) is 0 Å². The molecule has 1 heterocycles. The van der Waals surface area contributed by atoms with Crippen LogP contribution in [-0.4, -0.2) is 49.4 Å². The van der Waals surface area contributed by atoms with Crippen molar-refractivity contribution in [3.8, 4) is 0 Å². The van der Waals surface area contributed by atoms with Crippen molar-refractivity contribution in [2.75, 3.05) is 32.7 Å². The number of carbonyl (C=O) groups excluding carboxylic acids is 2. The minimum absolute atomic E-state index is 0.366. The van der Waals surface area contributed by atoms with Crippen molar-refractivity contribution in [1.29, 1.82) is 0 Å². The first-order valence-electron chi connectivity index (χ1n) is 8.05. The Balaban J connectivity index is 1.61. The van der Waals surface area contributed by atoms with Gasteiger partial charge in [0.2, 0.25) is 0 Å². The van der Waals surface area contributed by atoms with Crippen LogP contribution in [-0.2, 0) is 9.59 Å². The van der Waals surface area contributed by atoms with Crippen molar-refractivity contribution >= 4 is 11.8 Å². The highest BCUT2D eigenvalue weighted by Gasteiger charge is 2.22. The van der Waals surface area contributed by atoms with Crippen molar-refractivity contribution < 1.29 is 9.59 Å². The van der Waals surface area contributed by atoms with Gasteiger partial charge in [-0.25, -0.2) is 0 Å². The second kappa shape index (κ2) is 8.25. The summed E-state index contributed by atoms with van der Waals surface area (Å²) in [4.78, 5) is 25.5. The minimum atomic E-state index is -0.432. The van der Waals surface area contributed by atoms with Crippen molar-refractivity contribution in [1.82, 2.24) is 15.5 Å². The number of nitrogens with zero attached hydrogens (tertiary/aromatic N) is 1. The molecular formula is C15H27N3O2. The molecule has 2 amide bonds. The SMILES string of the molecule is O=C(NCCCC1CCCC1)C(=O)N1CCCNCC1. The van der Waals surface area contributed by atoms with Gasteiger partial charge in [0.15, 0.2) is 0 Å². The third-order valence-corrected chi connectivity index (χ3v) is 4.37. The van der Waals surface area contributed by atoms with E-state index in [9.17, 15) is 9.59 Å². The average molecular weight is 281 g/mol. The number of hydrogen-bond acceptors (Lipinski definition) is 3. The number of hydrogen-bond donors (Lipinski definition) is 2. The van der Waals surface area contributed by atoms with E-state index in [0.29, 0.717) is 19.6 Å². The largest absolute Gasteiger partial charge is 0.348 e. The first-order valence-corrected chi connectivity index (χ1v) is 8.05. The molecule has 0 spiro atoms. The molecule has 0 atom stereocenters. The molecule has 20 heavy (non-hydrogen) atoms. The lowest BCUT2D eigenvalue weighted by Gasteiger charge is -2.19. The van der Waals surface area contributed by atoms with Crippen LogP contribution in [0.5, 0.6) is 0 Å². The molecular weight excluding hydrogens is 254 g/mol. The molecule has 1 saturated carbocycles. The predicted molar refractivity (Wildman–Crippen MR) is 78.3 cm³/mol. The van der Waals surface area contributed by atoms with Crippen LogP contribution in [0.15, 0.2) is 0 Å². The van der Waals surface area contributed by atoms with E-state index < -0.39 is 5.91 Å². The van der Waals surface area contributed by atoms with Gasteiger partial charge >= 0.3 is 11.8 Å². The topological polar surface area (TPSA) is 61.4 Å². The quantitative estimate of drug-likeness (QED) is 0.594. The Morgan fingerprint density at radius 3 is 2.70 bits per heavy atom. The number of rotatable bonds is 4. The van der Waals surface area contributed by atoms with Gasteiger partial charge in [-0.2, -0.15) is 0 Å². The molecule has 1 aliphatic heterocycles. The standard InChI is InChI=1S/C15H27N3O2/c19-14(15(20)18-11-4-8-16-10-12-18)17-9-3-7-13-5-1-2-6-13/h13,16H,1-12H2,(H,17,19). The summed E-state index contributed by atoms with van der Waals surface area (Å²) in [6.45, 7) is 3.65. The van der Waals surface area contributed by atoms with Gasteiger partial charge < -0.3 is 15.5 Å². The fraction of sp³-hybridized carbons (Fsp3) is 0.867. The highest BCUT2D eigenvalue weighted by molar-refractivity contribution is 6.35. The van der Waals surface area contributed by atoms with Gasteiger partial charge in [-0.1, -0.05) is 25.7 Å².